The molecule has 4 nitrogen and oxygen atoms in total. The van der Waals surface area contributed by atoms with Crippen molar-refractivity contribution >= 4 is 17.3 Å². The molecule has 0 amide bonds. The van der Waals surface area contributed by atoms with Gasteiger partial charge in [0.15, 0.2) is 0 Å². The fourth-order valence-electron chi connectivity index (χ4n) is 2.28. The van der Waals surface area contributed by atoms with E-state index in [-0.39, 0.29) is 0 Å². The van der Waals surface area contributed by atoms with E-state index in [2.05, 4.69) is 12.2 Å². The molecule has 4 heteroatoms. The van der Waals surface area contributed by atoms with E-state index in [4.69, 9.17) is 10.5 Å². The zero-order valence-corrected chi connectivity index (χ0v) is 10.9. The molecule has 1 aromatic rings. The molecule has 1 fully saturated rings. The molecule has 1 atom stereocenters. The number of carbonyl (C=O) groups is 1. The van der Waals surface area contributed by atoms with Gasteiger partial charge >= 0.3 is 5.97 Å². The van der Waals surface area contributed by atoms with Gasteiger partial charge in [-0.3, -0.25) is 0 Å². The molecule has 0 spiro atoms. The van der Waals surface area contributed by atoms with Gasteiger partial charge in [-0.2, -0.15) is 0 Å². The largest absolute Gasteiger partial charge is 0.465 e. The Bertz CT molecular complexity index is 441. The molecular formula is C14H20N2O2. The van der Waals surface area contributed by atoms with Crippen LogP contribution in [0.5, 0.6) is 0 Å². The van der Waals surface area contributed by atoms with E-state index < -0.39 is 5.97 Å². The van der Waals surface area contributed by atoms with Gasteiger partial charge in [0.2, 0.25) is 0 Å². The Kier molecular flexibility index (Phi) is 3.75. The highest BCUT2D eigenvalue weighted by molar-refractivity contribution is 5.98. The highest BCUT2D eigenvalue weighted by Crippen LogP contribution is 2.32. The summed E-state index contributed by atoms with van der Waals surface area (Å²) in [5, 5.41) is 3.40. The predicted molar refractivity (Wildman–Crippen MR) is 72.6 cm³/mol. The lowest BCUT2D eigenvalue weighted by atomic mass is 9.80. The Balaban J connectivity index is 2.15. The van der Waals surface area contributed by atoms with Crippen molar-refractivity contribution in [3.8, 4) is 0 Å². The zero-order chi connectivity index (χ0) is 13.1. The number of methoxy groups -OCH3 is 1. The van der Waals surface area contributed by atoms with Gasteiger partial charge in [0, 0.05) is 6.04 Å². The van der Waals surface area contributed by atoms with E-state index in [9.17, 15) is 4.79 Å². The summed E-state index contributed by atoms with van der Waals surface area (Å²) < 4.78 is 4.71. The van der Waals surface area contributed by atoms with Crippen molar-refractivity contribution in [2.75, 3.05) is 18.2 Å². The van der Waals surface area contributed by atoms with Crippen LogP contribution in [-0.4, -0.2) is 19.1 Å². The second-order valence-electron chi connectivity index (χ2n) is 4.88. The summed E-state index contributed by atoms with van der Waals surface area (Å²) >= 11 is 0. The van der Waals surface area contributed by atoms with Crippen molar-refractivity contribution in [2.45, 2.75) is 32.2 Å². The lowest BCUT2D eigenvalue weighted by molar-refractivity contribution is 0.0602. The summed E-state index contributed by atoms with van der Waals surface area (Å²) in [5.74, 6) is 0.318. The topological polar surface area (TPSA) is 64.3 Å². The third-order valence-corrected chi connectivity index (χ3v) is 3.75. The molecule has 0 aromatic heterocycles. The van der Waals surface area contributed by atoms with Crippen LogP contribution >= 0.6 is 0 Å². The van der Waals surface area contributed by atoms with Crippen LogP contribution in [0.25, 0.3) is 0 Å². The number of rotatable bonds is 4. The van der Waals surface area contributed by atoms with Crippen LogP contribution in [0, 0.1) is 5.92 Å². The number of nitrogen functional groups attached to an aromatic ring is 1. The van der Waals surface area contributed by atoms with Gasteiger partial charge in [-0.15, -0.1) is 0 Å². The van der Waals surface area contributed by atoms with Crippen molar-refractivity contribution in [3.63, 3.8) is 0 Å². The van der Waals surface area contributed by atoms with E-state index in [0.717, 1.165) is 5.69 Å². The number of nitrogens with one attached hydrogen (secondary N) is 1. The van der Waals surface area contributed by atoms with E-state index >= 15 is 0 Å². The van der Waals surface area contributed by atoms with E-state index in [1.54, 1.807) is 6.07 Å². The fraction of sp³-hybridized carbons (Fsp3) is 0.500. The molecular weight excluding hydrogens is 228 g/mol. The van der Waals surface area contributed by atoms with Crippen molar-refractivity contribution in [3.05, 3.63) is 23.8 Å². The van der Waals surface area contributed by atoms with Crippen LogP contribution in [0.2, 0.25) is 0 Å². The molecule has 1 aliphatic rings. The lowest BCUT2D eigenvalue weighted by Gasteiger charge is -2.32. The van der Waals surface area contributed by atoms with Crippen molar-refractivity contribution in [2.24, 2.45) is 5.92 Å². The third kappa shape index (κ3) is 2.42. The Morgan fingerprint density at radius 2 is 2.22 bits per heavy atom. The van der Waals surface area contributed by atoms with Gasteiger partial charge < -0.3 is 15.8 Å². The number of para-hydroxylation sites is 1. The molecule has 98 valence electrons. The summed E-state index contributed by atoms with van der Waals surface area (Å²) in [6.45, 7) is 2.16. The minimum atomic E-state index is -0.396. The minimum Gasteiger partial charge on any atom is -0.465 e. The lowest BCUT2D eigenvalue weighted by Crippen LogP contribution is -2.31. The van der Waals surface area contributed by atoms with Gasteiger partial charge in [0.05, 0.1) is 24.0 Å². The molecule has 1 unspecified atom stereocenters. The highest BCUT2D eigenvalue weighted by Gasteiger charge is 2.24. The van der Waals surface area contributed by atoms with Gasteiger partial charge in [0.25, 0.3) is 0 Å². The van der Waals surface area contributed by atoms with Crippen LogP contribution < -0.4 is 11.1 Å². The molecule has 0 saturated heterocycles. The summed E-state index contributed by atoms with van der Waals surface area (Å²) in [6, 6.07) is 5.78. The van der Waals surface area contributed by atoms with Gasteiger partial charge in [-0.05, 0) is 37.8 Å². The van der Waals surface area contributed by atoms with Crippen LogP contribution in [0.1, 0.15) is 36.5 Å². The van der Waals surface area contributed by atoms with Crippen LogP contribution in [0.15, 0.2) is 18.2 Å². The first-order valence-corrected chi connectivity index (χ1v) is 6.37. The number of hydrogen-bond donors (Lipinski definition) is 2. The molecule has 0 aliphatic heterocycles. The Hall–Kier alpha value is -1.71. The van der Waals surface area contributed by atoms with Crippen molar-refractivity contribution < 1.29 is 9.53 Å². The number of nitrogens with two attached hydrogens (primary N) is 1. The van der Waals surface area contributed by atoms with Crippen LogP contribution in [0.4, 0.5) is 11.4 Å². The minimum absolute atomic E-state index is 0.383. The van der Waals surface area contributed by atoms with Gasteiger partial charge in [-0.1, -0.05) is 12.5 Å². The zero-order valence-electron chi connectivity index (χ0n) is 10.9. The maximum atomic E-state index is 11.5. The molecule has 1 aromatic carbocycles. The van der Waals surface area contributed by atoms with E-state index in [1.165, 1.54) is 26.4 Å². The second-order valence-corrected chi connectivity index (χ2v) is 4.88. The van der Waals surface area contributed by atoms with E-state index in [0.29, 0.717) is 23.2 Å². The normalized spacial score (nSPS) is 16.8. The average Bonchev–Trinajstić information content (AvgIpc) is 2.28. The number of anilines is 2. The molecule has 1 saturated carbocycles. The predicted octanol–water partition coefficient (Wildman–Crippen LogP) is 2.66. The number of esters is 1. The first-order valence-electron chi connectivity index (χ1n) is 6.37. The third-order valence-electron chi connectivity index (χ3n) is 3.75. The van der Waals surface area contributed by atoms with Crippen molar-refractivity contribution in [1.29, 1.82) is 0 Å². The summed E-state index contributed by atoms with van der Waals surface area (Å²) in [5.41, 5.74) is 7.71. The van der Waals surface area contributed by atoms with E-state index in [1.807, 2.05) is 12.1 Å². The summed E-state index contributed by atoms with van der Waals surface area (Å²) in [6.07, 6.45) is 3.85. The first kappa shape index (κ1) is 12.7. The number of benzene rings is 1. The molecule has 1 aliphatic carbocycles. The molecule has 18 heavy (non-hydrogen) atoms. The molecule has 0 heterocycles. The average molecular weight is 248 g/mol. The van der Waals surface area contributed by atoms with Gasteiger partial charge in [0.1, 0.15) is 0 Å². The Morgan fingerprint density at radius 1 is 1.50 bits per heavy atom. The maximum Gasteiger partial charge on any atom is 0.340 e. The molecule has 3 N–H and O–H groups in total. The summed E-state index contributed by atoms with van der Waals surface area (Å²) in [7, 11) is 1.36. The number of ether oxygens (including phenoxy) is 1. The van der Waals surface area contributed by atoms with Crippen molar-refractivity contribution in [1.82, 2.24) is 0 Å². The Morgan fingerprint density at radius 3 is 2.78 bits per heavy atom. The fourth-order valence-corrected chi connectivity index (χ4v) is 2.28. The number of hydrogen-bond acceptors (Lipinski definition) is 4. The second kappa shape index (κ2) is 5.29. The smallest absolute Gasteiger partial charge is 0.340 e. The number of carbonyl (C=O) groups excluding carboxylic acids is 1. The van der Waals surface area contributed by atoms with Crippen LogP contribution in [-0.2, 0) is 4.74 Å². The Labute approximate surface area is 108 Å². The maximum absolute atomic E-state index is 11.5. The standard InChI is InChI=1S/C14H20N2O2/c1-9(10-5-3-6-10)16-12-8-4-7-11(13(12)15)14(17)18-2/h4,7-10,16H,3,5-6,15H2,1-2H3. The molecule has 2 rings (SSSR count). The molecule has 0 radical (unpaired) electrons. The SMILES string of the molecule is COC(=O)c1cccc(NC(C)C2CCC2)c1N. The van der Waals surface area contributed by atoms with Crippen LogP contribution in [0.3, 0.4) is 0 Å². The molecule has 0 bridgehead atoms. The van der Waals surface area contributed by atoms with Gasteiger partial charge in [-0.25, -0.2) is 4.79 Å². The quantitative estimate of drug-likeness (QED) is 0.635. The summed E-state index contributed by atoms with van der Waals surface area (Å²) in [4.78, 5) is 11.5. The highest BCUT2D eigenvalue weighted by atomic mass is 16.5. The monoisotopic (exact) mass is 248 g/mol. The first-order chi connectivity index (χ1) is 8.63.